The van der Waals surface area contributed by atoms with Gasteiger partial charge in [0, 0.05) is 23.4 Å². The fraction of sp³-hybridized carbons (Fsp3) is 0.278. The molecule has 0 bridgehead atoms. The van der Waals surface area contributed by atoms with Gasteiger partial charge in [0.25, 0.3) is 5.91 Å². The molecule has 1 aliphatic heterocycles. The molecule has 23 heavy (non-hydrogen) atoms. The van der Waals surface area contributed by atoms with Crippen LogP contribution in [0.2, 0.25) is 0 Å². The fourth-order valence-electron chi connectivity index (χ4n) is 2.75. The molecule has 1 aliphatic rings. The zero-order chi connectivity index (χ0) is 16.4. The average Bonchev–Trinajstić information content (AvgIpc) is 2.74. The Morgan fingerprint density at radius 1 is 1.26 bits per heavy atom. The first-order valence-corrected chi connectivity index (χ1v) is 7.62. The minimum atomic E-state index is -0.538. The number of nitrogens with zero attached hydrogens (tertiary/aromatic N) is 1. The van der Waals surface area contributed by atoms with E-state index in [1.54, 1.807) is 17.6 Å². The third kappa shape index (κ3) is 3.14. The molecule has 2 aromatic rings. The third-order valence-electron chi connectivity index (χ3n) is 4.15. The summed E-state index contributed by atoms with van der Waals surface area (Å²) >= 11 is 0. The first-order valence-electron chi connectivity index (χ1n) is 7.62. The summed E-state index contributed by atoms with van der Waals surface area (Å²) in [5.41, 5.74) is 5.42. The van der Waals surface area contributed by atoms with Crippen LogP contribution in [0.4, 0.5) is 5.69 Å². The smallest absolute Gasteiger partial charge is 0.274 e. The quantitative estimate of drug-likeness (QED) is 0.661. The minimum absolute atomic E-state index is 0.209. The second-order valence-corrected chi connectivity index (χ2v) is 5.89. The molecular weight excluding hydrogens is 292 g/mol. The van der Waals surface area contributed by atoms with Gasteiger partial charge in [-0.2, -0.15) is 0 Å². The SMILES string of the molecule is Cc1ccc(N2Cc3ccc(C(=O)NO)cc3OC[C@H]2C)cc1. The molecule has 120 valence electrons. The van der Waals surface area contributed by atoms with Gasteiger partial charge in [0.05, 0.1) is 6.04 Å². The van der Waals surface area contributed by atoms with Crippen LogP contribution in [-0.4, -0.2) is 23.8 Å². The van der Waals surface area contributed by atoms with Gasteiger partial charge in [-0.15, -0.1) is 0 Å². The predicted octanol–water partition coefficient (Wildman–Crippen LogP) is 2.90. The maximum atomic E-state index is 11.5. The number of rotatable bonds is 2. The lowest BCUT2D eigenvalue weighted by molar-refractivity contribution is 0.0706. The summed E-state index contributed by atoms with van der Waals surface area (Å²) in [6, 6.07) is 13.9. The van der Waals surface area contributed by atoms with E-state index in [1.807, 2.05) is 6.07 Å². The van der Waals surface area contributed by atoms with Gasteiger partial charge in [-0.25, -0.2) is 5.48 Å². The second kappa shape index (κ2) is 6.30. The van der Waals surface area contributed by atoms with Crippen molar-refractivity contribution in [3.05, 3.63) is 59.2 Å². The largest absolute Gasteiger partial charge is 0.491 e. The van der Waals surface area contributed by atoms with Gasteiger partial charge < -0.3 is 9.64 Å². The van der Waals surface area contributed by atoms with Gasteiger partial charge in [0.2, 0.25) is 0 Å². The van der Waals surface area contributed by atoms with Crippen molar-refractivity contribution in [3.63, 3.8) is 0 Å². The maximum Gasteiger partial charge on any atom is 0.274 e. The molecule has 0 radical (unpaired) electrons. The third-order valence-corrected chi connectivity index (χ3v) is 4.15. The number of ether oxygens (including phenoxy) is 1. The Balaban J connectivity index is 1.92. The number of anilines is 1. The van der Waals surface area contributed by atoms with Crippen molar-refractivity contribution in [3.8, 4) is 5.75 Å². The number of nitrogens with one attached hydrogen (secondary N) is 1. The van der Waals surface area contributed by atoms with Crippen molar-refractivity contribution >= 4 is 11.6 Å². The van der Waals surface area contributed by atoms with Crippen LogP contribution in [0, 0.1) is 6.92 Å². The van der Waals surface area contributed by atoms with Gasteiger partial charge in [-0.1, -0.05) is 23.8 Å². The highest BCUT2D eigenvalue weighted by Crippen LogP contribution is 2.29. The minimum Gasteiger partial charge on any atom is -0.491 e. The van der Waals surface area contributed by atoms with Crippen molar-refractivity contribution in [1.82, 2.24) is 5.48 Å². The Hall–Kier alpha value is -2.53. The van der Waals surface area contributed by atoms with Gasteiger partial charge >= 0.3 is 0 Å². The second-order valence-electron chi connectivity index (χ2n) is 5.89. The van der Waals surface area contributed by atoms with Crippen LogP contribution in [0.3, 0.4) is 0 Å². The Morgan fingerprint density at radius 3 is 2.70 bits per heavy atom. The molecule has 0 fully saturated rings. The Kier molecular flexibility index (Phi) is 4.21. The molecule has 0 aromatic heterocycles. The predicted molar refractivity (Wildman–Crippen MR) is 88.0 cm³/mol. The topological polar surface area (TPSA) is 61.8 Å². The zero-order valence-corrected chi connectivity index (χ0v) is 13.2. The molecule has 1 amide bonds. The van der Waals surface area contributed by atoms with Crippen LogP contribution in [0.15, 0.2) is 42.5 Å². The van der Waals surface area contributed by atoms with Gasteiger partial charge in [0.15, 0.2) is 0 Å². The summed E-state index contributed by atoms with van der Waals surface area (Å²) in [5, 5.41) is 8.75. The molecule has 0 unspecified atom stereocenters. The first-order chi connectivity index (χ1) is 11.1. The molecule has 1 atom stereocenters. The van der Waals surface area contributed by atoms with Crippen LogP contribution in [0.5, 0.6) is 5.75 Å². The molecule has 0 saturated carbocycles. The molecule has 1 heterocycles. The lowest BCUT2D eigenvalue weighted by Crippen LogP contribution is -2.34. The highest BCUT2D eigenvalue weighted by atomic mass is 16.5. The number of carbonyl (C=O) groups excluding carboxylic acids is 1. The molecule has 0 aliphatic carbocycles. The monoisotopic (exact) mass is 312 g/mol. The summed E-state index contributed by atoms with van der Waals surface area (Å²) in [6.45, 7) is 5.43. The van der Waals surface area contributed by atoms with Crippen LogP contribution < -0.4 is 15.1 Å². The lowest BCUT2D eigenvalue weighted by atomic mass is 10.1. The molecular formula is C18H20N2O3. The maximum absolute atomic E-state index is 11.5. The summed E-state index contributed by atoms with van der Waals surface area (Å²) in [4.78, 5) is 13.8. The Bertz CT molecular complexity index is 713. The average molecular weight is 312 g/mol. The molecule has 2 aromatic carbocycles. The van der Waals surface area contributed by atoms with Gasteiger partial charge in [0.1, 0.15) is 12.4 Å². The number of hydrogen-bond acceptors (Lipinski definition) is 4. The molecule has 0 spiro atoms. The van der Waals surface area contributed by atoms with E-state index >= 15 is 0 Å². The highest BCUT2D eigenvalue weighted by Gasteiger charge is 2.22. The van der Waals surface area contributed by atoms with E-state index in [-0.39, 0.29) is 6.04 Å². The van der Waals surface area contributed by atoms with Crippen molar-refractivity contribution in [2.75, 3.05) is 11.5 Å². The van der Waals surface area contributed by atoms with E-state index in [4.69, 9.17) is 9.94 Å². The summed E-state index contributed by atoms with van der Waals surface area (Å²) in [7, 11) is 0. The highest BCUT2D eigenvalue weighted by molar-refractivity contribution is 5.93. The van der Waals surface area contributed by atoms with Crippen molar-refractivity contribution in [1.29, 1.82) is 0 Å². The van der Waals surface area contributed by atoms with Gasteiger partial charge in [-0.3, -0.25) is 10.0 Å². The van der Waals surface area contributed by atoms with E-state index in [9.17, 15) is 4.79 Å². The number of hydroxylamine groups is 1. The van der Waals surface area contributed by atoms with Crippen molar-refractivity contribution in [2.24, 2.45) is 0 Å². The normalized spacial score (nSPS) is 17.0. The van der Waals surface area contributed by atoms with E-state index in [0.717, 1.165) is 11.3 Å². The number of hydrogen-bond donors (Lipinski definition) is 2. The summed E-state index contributed by atoms with van der Waals surface area (Å²) < 4.78 is 5.87. The molecule has 0 saturated heterocycles. The van der Waals surface area contributed by atoms with Crippen LogP contribution >= 0.6 is 0 Å². The molecule has 2 N–H and O–H groups in total. The molecule has 5 heteroatoms. The first kappa shape index (κ1) is 15.4. The lowest BCUT2D eigenvalue weighted by Gasteiger charge is -2.28. The number of carbonyl (C=O) groups is 1. The van der Waals surface area contributed by atoms with E-state index in [1.165, 1.54) is 5.56 Å². The summed E-state index contributed by atoms with van der Waals surface area (Å²) in [6.07, 6.45) is 0. The fourth-order valence-corrected chi connectivity index (χ4v) is 2.75. The summed E-state index contributed by atoms with van der Waals surface area (Å²) in [5.74, 6) is 0.150. The van der Waals surface area contributed by atoms with Gasteiger partial charge in [-0.05, 0) is 38.1 Å². The number of amides is 1. The van der Waals surface area contributed by atoms with E-state index in [2.05, 4.69) is 43.0 Å². The van der Waals surface area contributed by atoms with Crippen LogP contribution in [-0.2, 0) is 6.54 Å². The van der Waals surface area contributed by atoms with E-state index < -0.39 is 5.91 Å². The number of benzene rings is 2. The number of aryl methyl sites for hydroxylation is 1. The van der Waals surface area contributed by atoms with Crippen molar-refractivity contribution in [2.45, 2.75) is 26.4 Å². The van der Waals surface area contributed by atoms with E-state index in [0.29, 0.717) is 24.5 Å². The number of fused-ring (bicyclic) bond motifs is 1. The molecule has 5 nitrogen and oxygen atoms in total. The zero-order valence-electron chi connectivity index (χ0n) is 13.2. The Labute approximate surface area is 135 Å². The molecule has 3 rings (SSSR count). The van der Waals surface area contributed by atoms with Crippen LogP contribution in [0.25, 0.3) is 0 Å². The Morgan fingerprint density at radius 2 is 2.00 bits per heavy atom. The van der Waals surface area contributed by atoms with Crippen molar-refractivity contribution < 1.29 is 14.7 Å². The van der Waals surface area contributed by atoms with Crippen LogP contribution in [0.1, 0.15) is 28.4 Å². The standard InChI is InChI=1S/C18H20N2O3/c1-12-3-7-16(8-4-12)20-10-15-6-5-14(18(21)19-22)9-17(15)23-11-13(20)2/h3-9,13,22H,10-11H2,1-2H3,(H,19,21)/t13-/m1/s1.